The Balaban J connectivity index is 1.77. The Kier molecular flexibility index (Phi) is 5.67. The maximum Gasteiger partial charge on any atom is 0.125 e. The minimum atomic E-state index is -0.0462. The average molecular weight is 369 g/mol. The predicted molar refractivity (Wildman–Crippen MR) is 107 cm³/mol. The number of imidazole rings is 1. The van der Waals surface area contributed by atoms with Crippen LogP contribution >= 0.6 is 11.6 Å². The second-order valence-corrected chi connectivity index (χ2v) is 7.96. The van der Waals surface area contributed by atoms with Gasteiger partial charge in [0.2, 0.25) is 0 Å². The Morgan fingerprint density at radius 1 is 1.04 bits per heavy atom. The van der Waals surface area contributed by atoms with Crippen LogP contribution in [0.4, 0.5) is 0 Å². The summed E-state index contributed by atoms with van der Waals surface area (Å²) in [6.07, 6.45) is 6.39. The van der Waals surface area contributed by atoms with Crippen molar-refractivity contribution in [3.8, 4) is 5.75 Å². The van der Waals surface area contributed by atoms with Gasteiger partial charge >= 0.3 is 0 Å². The molecule has 0 amide bonds. The van der Waals surface area contributed by atoms with Crippen molar-refractivity contribution in [2.75, 3.05) is 0 Å². The van der Waals surface area contributed by atoms with E-state index in [0.29, 0.717) is 0 Å². The van der Waals surface area contributed by atoms with E-state index in [-0.39, 0.29) is 11.5 Å². The minimum absolute atomic E-state index is 0.0462. The summed E-state index contributed by atoms with van der Waals surface area (Å²) in [6.45, 7) is 7.48. The summed E-state index contributed by atoms with van der Waals surface area (Å²) in [7, 11) is 0. The molecule has 1 aromatic heterocycles. The third-order valence-electron chi connectivity index (χ3n) is 4.45. The molecule has 0 radical (unpaired) electrons. The molecule has 3 nitrogen and oxygen atoms in total. The monoisotopic (exact) mass is 368 g/mol. The standard InChI is InChI=1S/C22H25ClN2O/c1-22(2,3)18-6-10-20(11-7-18)26-21(12-14-25-15-13-24-16-25)17-4-8-19(23)9-5-17/h4-11,13,15-16,21H,12,14H2,1-3H3/t21-/m1/s1. The molecular formula is C22H25ClN2O. The molecule has 0 N–H and O–H groups in total. The van der Waals surface area contributed by atoms with Gasteiger partial charge < -0.3 is 9.30 Å². The van der Waals surface area contributed by atoms with Gasteiger partial charge in [0.05, 0.1) is 6.33 Å². The van der Waals surface area contributed by atoms with Gasteiger partial charge in [-0.05, 0) is 40.8 Å². The molecule has 0 aliphatic rings. The van der Waals surface area contributed by atoms with E-state index in [4.69, 9.17) is 16.3 Å². The van der Waals surface area contributed by atoms with Crippen LogP contribution in [-0.4, -0.2) is 9.55 Å². The van der Waals surface area contributed by atoms with Crippen LogP contribution in [0.2, 0.25) is 5.02 Å². The lowest BCUT2D eigenvalue weighted by Gasteiger charge is -2.22. The normalized spacial score (nSPS) is 12.8. The average Bonchev–Trinajstić information content (AvgIpc) is 3.12. The van der Waals surface area contributed by atoms with Crippen molar-refractivity contribution in [1.82, 2.24) is 9.55 Å². The van der Waals surface area contributed by atoms with E-state index in [1.165, 1.54) is 5.56 Å². The third kappa shape index (κ3) is 4.89. The number of aromatic nitrogens is 2. The van der Waals surface area contributed by atoms with Gasteiger partial charge in [0, 0.05) is 30.4 Å². The number of ether oxygens (including phenoxy) is 1. The van der Waals surface area contributed by atoms with Gasteiger partial charge in [-0.3, -0.25) is 0 Å². The first-order chi connectivity index (χ1) is 12.4. The second kappa shape index (κ2) is 7.96. The maximum absolute atomic E-state index is 6.33. The predicted octanol–water partition coefficient (Wildman–Crippen LogP) is 6.04. The quantitative estimate of drug-likeness (QED) is 0.530. The van der Waals surface area contributed by atoms with Crippen LogP contribution in [0.3, 0.4) is 0 Å². The van der Waals surface area contributed by atoms with Gasteiger partial charge in [0.25, 0.3) is 0 Å². The highest BCUT2D eigenvalue weighted by Gasteiger charge is 2.16. The van der Waals surface area contributed by atoms with Crippen molar-refractivity contribution < 1.29 is 4.74 Å². The van der Waals surface area contributed by atoms with Gasteiger partial charge in [-0.15, -0.1) is 0 Å². The largest absolute Gasteiger partial charge is 0.486 e. The van der Waals surface area contributed by atoms with Gasteiger partial charge in [-0.25, -0.2) is 4.98 Å². The number of aryl methyl sites for hydroxylation is 1. The van der Waals surface area contributed by atoms with E-state index in [0.717, 1.165) is 29.3 Å². The zero-order chi connectivity index (χ0) is 18.6. The van der Waals surface area contributed by atoms with E-state index in [1.807, 2.05) is 36.8 Å². The Bertz CT molecular complexity index is 803. The van der Waals surface area contributed by atoms with Crippen LogP contribution in [0.5, 0.6) is 5.75 Å². The zero-order valence-electron chi connectivity index (χ0n) is 15.5. The number of hydrogen-bond acceptors (Lipinski definition) is 2. The molecule has 26 heavy (non-hydrogen) atoms. The van der Waals surface area contributed by atoms with Crippen LogP contribution in [0.15, 0.2) is 67.3 Å². The number of nitrogens with zero attached hydrogens (tertiary/aromatic N) is 2. The lowest BCUT2D eigenvalue weighted by molar-refractivity contribution is 0.188. The number of benzene rings is 2. The molecule has 0 aliphatic heterocycles. The molecule has 3 aromatic rings. The lowest BCUT2D eigenvalue weighted by atomic mass is 9.87. The van der Waals surface area contributed by atoms with Crippen LogP contribution in [0, 0.1) is 0 Å². The SMILES string of the molecule is CC(C)(C)c1ccc(O[C@H](CCn2ccnc2)c2ccc(Cl)cc2)cc1. The van der Waals surface area contributed by atoms with Gasteiger partial charge in [-0.2, -0.15) is 0 Å². The summed E-state index contributed by atoms with van der Waals surface area (Å²) < 4.78 is 8.39. The Morgan fingerprint density at radius 2 is 1.73 bits per heavy atom. The molecule has 1 atom stereocenters. The van der Waals surface area contributed by atoms with Crippen LogP contribution < -0.4 is 4.74 Å². The summed E-state index contributed by atoms with van der Waals surface area (Å²) in [4.78, 5) is 4.11. The molecule has 136 valence electrons. The van der Waals surface area contributed by atoms with E-state index in [2.05, 4.69) is 54.6 Å². The van der Waals surface area contributed by atoms with Crippen LogP contribution in [-0.2, 0) is 12.0 Å². The number of halogens is 1. The topological polar surface area (TPSA) is 27.1 Å². The molecule has 0 saturated carbocycles. The molecule has 0 spiro atoms. The molecule has 4 heteroatoms. The summed E-state index contributed by atoms with van der Waals surface area (Å²) in [5.74, 6) is 0.878. The van der Waals surface area contributed by atoms with Crippen molar-refractivity contribution >= 4 is 11.6 Å². The summed E-state index contributed by atoms with van der Waals surface area (Å²) in [5, 5.41) is 0.733. The Labute approximate surface area is 160 Å². The number of rotatable bonds is 6. The van der Waals surface area contributed by atoms with E-state index in [1.54, 1.807) is 6.20 Å². The lowest BCUT2D eigenvalue weighted by Crippen LogP contribution is -2.12. The van der Waals surface area contributed by atoms with Gasteiger partial charge in [0.15, 0.2) is 0 Å². The highest BCUT2D eigenvalue weighted by Crippen LogP contribution is 2.29. The molecule has 3 rings (SSSR count). The van der Waals surface area contributed by atoms with Gasteiger partial charge in [0.1, 0.15) is 11.9 Å². The summed E-state index contributed by atoms with van der Waals surface area (Å²) in [6, 6.07) is 16.3. The van der Waals surface area contributed by atoms with Crippen molar-refractivity contribution in [1.29, 1.82) is 0 Å². The zero-order valence-corrected chi connectivity index (χ0v) is 16.3. The first kappa shape index (κ1) is 18.5. The first-order valence-electron chi connectivity index (χ1n) is 8.90. The highest BCUT2D eigenvalue weighted by molar-refractivity contribution is 6.30. The summed E-state index contributed by atoms with van der Waals surface area (Å²) in [5.41, 5.74) is 2.55. The number of hydrogen-bond donors (Lipinski definition) is 0. The molecule has 1 heterocycles. The molecule has 0 saturated heterocycles. The Hall–Kier alpha value is -2.26. The van der Waals surface area contributed by atoms with Crippen molar-refractivity contribution in [3.05, 3.63) is 83.4 Å². The fraction of sp³-hybridized carbons (Fsp3) is 0.318. The van der Waals surface area contributed by atoms with E-state index < -0.39 is 0 Å². The fourth-order valence-electron chi connectivity index (χ4n) is 2.85. The third-order valence-corrected chi connectivity index (χ3v) is 4.70. The molecule has 2 aromatic carbocycles. The van der Waals surface area contributed by atoms with Crippen molar-refractivity contribution in [2.24, 2.45) is 0 Å². The molecule has 0 unspecified atom stereocenters. The van der Waals surface area contributed by atoms with Crippen LogP contribution in [0.1, 0.15) is 44.4 Å². The smallest absolute Gasteiger partial charge is 0.125 e. The van der Waals surface area contributed by atoms with Crippen molar-refractivity contribution in [2.45, 2.75) is 45.3 Å². The molecule has 0 aliphatic carbocycles. The van der Waals surface area contributed by atoms with Crippen LogP contribution in [0.25, 0.3) is 0 Å². The molecular weight excluding hydrogens is 344 g/mol. The minimum Gasteiger partial charge on any atom is -0.486 e. The van der Waals surface area contributed by atoms with Crippen molar-refractivity contribution in [3.63, 3.8) is 0 Å². The molecule has 0 fully saturated rings. The van der Waals surface area contributed by atoms with E-state index >= 15 is 0 Å². The van der Waals surface area contributed by atoms with Gasteiger partial charge in [-0.1, -0.05) is 56.6 Å². The molecule has 0 bridgehead atoms. The highest BCUT2D eigenvalue weighted by atomic mass is 35.5. The Morgan fingerprint density at radius 3 is 2.31 bits per heavy atom. The maximum atomic E-state index is 6.33. The van der Waals surface area contributed by atoms with E-state index in [9.17, 15) is 0 Å². The second-order valence-electron chi connectivity index (χ2n) is 7.52. The fourth-order valence-corrected chi connectivity index (χ4v) is 2.98. The summed E-state index contributed by atoms with van der Waals surface area (Å²) >= 11 is 6.04. The first-order valence-corrected chi connectivity index (χ1v) is 9.28.